The Morgan fingerprint density at radius 2 is 1.13 bits per heavy atom. The van der Waals surface area contributed by atoms with E-state index in [1.165, 1.54) is 16.5 Å². The summed E-state index contributed by atoms with van der Waals surface area (Å²) in [5.74, 6) is 0. The number of benzene rings is 3. The van der Waals surface area contributed by atoms with Gasteiger partial charge in [0.25, 0.3) is 0 Å². The van der Waals surface area contributed by atoms with Crippen molar-refractivity contribution in [1.29, 1.82) is 0 Å². The van der Waals surface area contributed by atoms with E-state index in [0.717, 1.165) is 49.8 Å². The van der Waals surface area contributed by atoms with Crippen molar-refractivity contribution in [2.75, 3.05) is 0 Å². The van der Waals surface area contributed by atoms with E-state index in [4.69, 9.17) is 9.97 Å². The minimum absolute atomic E-state index is 0.745. The van der Waals surface area contributed by atoms with E-state index in [1.807, 2.05) is 6.07 Å². The maximum Gasteiger partial charge on any atom is 0.162 e. The van der Waals surface area contributed by atoms with Gasteiger partial charge in [0, 0.05) is 33.5 Å². The van der Waals surface area contributed by atoms with E-state index < -0.39 is 0 Å². The zero-order valence-corrected chi connectivity index (χ0v) is 16.8. The number of nitrogens with zero attached hydrogens (tertiary/aromatic N) is 3. The van der Waals surface area contributed by atoms with Crippen molar-refractivity contribution in [2.24, 2.45) is 0 Å². The van der Waals surface area contributed by atoms with Gasteiger partial charge >= 0.3 is 0 Å². The molecule has 3 aromatic carbocycles. The van der Waals surface area contributed by atoms with Crippen molar-refractivity contribution < 1.29 is 0 Å². The molecule has 3 heteroatoms. The van der Waals surface area contributed by atoms with Crippen LogP contribution in [-0.4, -0.2) is 15.0 Å². The predicted octanol–water partition coefficient (Wildman–Crippen LogP) is 6.72. The van der Waals surface area contributed by atoms with Gasteiger partial charge in [0.2, 0.25) is 0 Å². The summed E-state index contributed by atoms with van der Waals surface area (Å²) in [6.07, 6.45) is 1.81. The Balaban J connectivity index is 1.78. The summed E-state index contributed by atoms with van der Waals surface area (Å²) in [5.41, 5.74) is 8.35. The lowest BCUT2D eigenvalue weighted by molar-refractivity contribution is 1.29. The third kappa shape index (κ3) is 2.49. The third-order valence-electron chi connectivity index (χ3n) is 5.83. The number of hydrogen-bond donors (Lipinski definition) is 0. The van der Waals surface area contributed by atoms with Crippen LogP contribution in [0.15, 0.2) is 79.0 Å². The largest absolute Gasteiger partial charge is 0.247 e. The molecule has 0 radical (unpaired) electrons. The molecular formula is C27H19N3. The summed E-state index contributed by atoms with van der Waals surface area (Å²) < 4.78 is 0. The Labute approximate surface area is 174 Å². The van der Waals surface area contributed by atoms with Crippen LogP contribution in [0.4, 0.5) is 0 Å². The minimum Gasteiger partial charge on any atom is -0.247 e. The zero-order valence-electron chi connectivity index (χ0n) is 16.8. The van der Waals surface area contributed by atoms with Crippen molar-refractivity contribution in [3.8, 4) is 22.5 Å². The first-order chi connectivity index (χ1) is 14.7. The molecule has 0 fully saturated rings. The Morgan fingerprint density at radius 3 is 1.73 bits per heavy atom. The van der Waals surface area contributed by atoms with Gasteiger partial charge in [-0.3, -0.25) is 0 Å². The lowest BCUT2D eigenvalue weighted by atomic mass is 9.94. The number of aromatic nitrogens is 3. The third-order valence-corrected chi connectivity index (χ3v) is 5.83. The Kier molecular flexibility index (Phi) is 3.59. The standard InChI is InChI=1S/C27H19N3/c1-16-6-10-18(11-7-16)25-20-4-3-5-21-23(20)24-22(29-25)14-15-28-27(24)30-26(21)19-12-8-17(2)9-13-19/h3-15H,1-2H3. The predicted molar refractivity (Wildman–Crippen MR) is 124 cm³/mol. The molecule has 0 saturated heterocycles. The fourth-order valence-electron chi connectivity index (χ4n) is 4.28. The molecule has 3 heterocycles. The average molecular weight is 385 g/mol. The van der Waals surface area contributed by atoms with Crippen LogP contribution < -0.4 is 0 Å². The van der Waals surface area contributed by atoms with E-state index in [2.05, 4.69) is 85.6 Å². The summed E-state index contributed by atoms with van der Waals surface area (Å²) in [7, 11) is 0. The minimum atomic E-state index is 0.745. The smallest absolute Gasteiger partial charge is 0.162 e. The highest BCUT2D eigenvalue weighted by Gasteiger charge is 2.19. The second-order valence-electron chi connectivity index (χ2n) is 7.91. The number of pyridine rings is 3. The fourth-order valence-corrected chi connectivity index (χ4v) is 4.28. The highest BCUT2D eigenvalue weighted by Crippen LogP contribution is 2.40. The van der Waals surface area contributed by atoms with Crippen LogP contribution in [0.3, 0.4) is 0 Å². The molecule has 30 heavy (non-hydrogen) atoms. The molecule has 0 saturated carbocycles. The Hall–Kier alpha value is -3.85. The number of aryl methyl sites for hydroxylation is 2. The van der Waals surface area contributed by atoms with Gasteiger partial charge in [0.15, 0.2) is 5.65 Å². The molecule has 0 bridgehead atoms. The maximum atomic E-state index is 5.04. The van der Waals surface area contributed by atoms with E-state index in [-0.39, 0.29) is 0 Å². The summed E-state index contributed by atoms with van der Waals surface area (Å²) >= 11 is 0. The number of hydrogen-bond acceptors (Lipinski definition) is 3. The highest BCUT2D eigenvalue weighted by molar-refractivity contribution is 6.25. The van der Waals surface area contributed by atoms with Crippen LogP contribution in [-0.2, 0) is 0 Å². The van der Waals surface area contributed by atoms with Crippen molar-refractivity contribution in [1.82, 2.24) is 15.0 Å². The van der Waals surface area contributed by atoms with Gasteiger partial charge in [-0.05, 0) is 19.9 Å². The molecule has 6 aromatic rings. The van der Waals surface area contributed by atoms with E-state index >= 15 is 0 Å². The zero-order chi connectivity index (χ0) is 20.2. The van der Waals surface area contributed by atoms with Crippen LogP contribution in [0.5, 0.6) is 0 Å². The van der Waals surface area contributed by atoms with Gasteiger partial charge in [-0.2, -0.15) is 0 Å². The monoisotopic (exact) mass is 385 g/mol. The molecular weight excluding hydrogens is 366 g/mol. The van der Waals surface area contributed by atoms with Gasteiger partial charge in [-0.25, -0.2) is 15.0 Å². The first kappa shape index (κ1) is 17.0. The topological polar surface area (TPSA) is 38.7 Å². The molecule has 3 nitrogen and oxygen atoms in total. The van der Waals surface area contributed by atoms with Gasteiger partial charge in [0.05, 0.1) is 22.3 Å². The van der Waals surface area contributed by atoms with Gasteiger partial charge in [0.1, 0.15) is 0 Å². The molecule has 0 spiro atoms. The normalized spacial score (nSPS) is 11.7. The molecule has 0 aliphatic rings. The average Bonchev–Trinajstić information content (AvgIpc) is 2.78. The molecule has 0 aliphatic heterocycles. The van der Waals surface area contributed by atoms with E-state index in [1.54, 1.807) is 6.20 Å². The molecule has 0 aliphatic carbocycles. The van der Waals surface area contributed by atoms with Crippen molar-refractivity contribution in [2.45, 2.75) is 13.8 Å². The van der Waals surface area contributed by atoms with Crippen LogP contribution in [0.1, 0.15) is 11.1 Å². The summed E-state index contributed by atoms with van der Waals surface area (Å²) in [5, 5.41) is 4.50. The van der Waals surface area contributed by atoms with E-state index in [9.17, 15) is 0 Å². The van der Waals surface area contributed by atoms with Gasteiger partial charge in [-0.15, -0.1) is 0 Å². The number of rotatable bonds is 2. The molecule has 0 unspecified atom stereocenters. The first-order valence-electron chi connectivity index (χ1n) is 10.1. The summed E-state index contributed by atoms with van der Waals surface area (Å²) in [6, 6.07) is 25.5. The van der Waals surface area contributed by atoms with Crippen LogP contribution in [0, 0.1) is 13.8 Å². The van der Waals surface area contributed by atoms with Gasteiger partial charge < -0.3 is 0 Å². The first-order valence-corrected chi connectivity index (χ1v) is 10.1. The Morgan fingerprint density at radius 1 is 0.567 bits per heavy atom. The molecule has 3 aromatic heterocycles. The SMILES string of the molecule is Cc1ccc(-c2nc3ccnc4nc(-c5ccc(C)cc5)c5cccc2c5c34)cc1. The lowest BCUT2D eigenvalue weighted by Crippen LogP contribution is -1.97. The second-order valence-corrected chi connectivity index (χ2v) is 7.91. The van der Waals surface area contributed by atoms with Crippen molar-refractivity contribution in [3.05, 3.63) is 90.1 Å². The maximum absolute atomic E-state index is 5.04. The van der Waals surface area contributed by atoms with Gasteiger partial charge in [-0.1, -0.05) is 77.9 Å². The summed E-state index contributed by atoms with van der Waals surface area (Å²) in [4.78, 5) is 14.6. The van der Waals surface area contributed by atoms with Crippen molar-refractivity contribution in [3.63, 3.8) is 0 Å². The summed E-state index contributed by atoms with van der Waals surface area (Å²) in [6.45, 7) is 4.21. The molecule has 6 rings (SSSR count). The highest BCUT2D eigenvalue weighted by atomic mass is 14.9. The van der Waals surface area contributed by atoms with Crippen molar-refractivity contribution >= 4 is 32.7 Å². The van der Waals surface area contributed by atoms with Crippen LogP contribution in [0.25, 0.3) is 55.2 Å². The second kappa shape index (κ2) is 6.33. The van der Waals surface area contributed by atoms with Crippen LogP contribution in [0.2, 0.25) is 0 Å². The van der Waals surface area contributed by atoms with Crippen LogP contribution >= 0.6 is 0 Å². The quantitative estimate of drug-likeness (QED) is 0.311. The van der Waals surface area contributed by atoms with E-state index in [0.29, 0.717) is 0 Å². The molecule has 0 amide bonds. The molecule has 0 atom stereocenters. The lowest BCUT2D eigenvalue weighted by Gasteiger charge is -2.16. The molecule has 142 valence electrons. The fraction of sp³-hybridized carbons (Fsp3) is 0.0741. The Bertz CT molecular complexity index is 1420. The molecule has 0 N–H and O–H groups in total.